The van der Waals surface area contributed by atoms with Crippen molar-refractivity contribution >= 4 is 11.7 Å². The second kappa shape index (κ2) is 11.9. The first-order chi connectivity index (χ1) is 15.9. The third-order valence-corrected chi connectivity index (χ3v) is 7.67. The predicted octanol–water partition coefficient (Wildman–Crippen LogP) is 4.98. The zero-order valence-corrected chi connectivity index (χ0v) is 20.3. The summed E-state index contributed by atoms with van der Waals surface area (Å²) in [6, 6.07) is 7.95. The van der Waals surface area contributed by atoms with Gasteiger partial charge in [-0.05, 0) is 56.6 Å². The Morgan fingerprint density at radius 3 is 2.73 bits per heavy atom. The van der Waals surface area contributed by atoms with Gasteiger partial charge in [-0.1, -0.05) is 56.2 Å². The fraction of sp³-hybridized carbons (Fsp3) is 0.643. The molecule has 5 heteroatoms. The van der Waals surface area contributed by atoms with Gasteiger partial charge < -0.3 is 15.5 Å². The summed E-state index contributed by atoms with van der Waals surface area (Å²) in [7, 11) is 0. The molecule has 1 unspecified atom stereocenters. The first-order valence-electron chi connectivity index (χ1n) is 12.8. The van der Waals surface area contributed by atoms with E-state index in [0.29, 0.717) is 19.4 Å². The Labute approximate surface area is 198 Å². The number of carbonyl (C=O) groups is 2. The van der Waals surface area contributed by atoms with E-state index in [0.717, 1.165) is 49.7 Å². The van der Waals surface area contributed by atoms with Crippen molar-refractivity contribution in [1.82, 2.24) is 5.32 Å². The van der Waals surface area contributed by atoms with Crippen LogP contribution in [-0.4, -0.2) is 34.6 Å². The Balaban J connectivity index is 1.65. The van der Waals surface area contributed by atoms with E-state index in [1.54, 1.807) is 0 Å². The molecule has 0 saturated heterocycles. The highest BCUT2D eigenvalue weighted by Gasteiger charge is 2.44. The van der Waals surface area contributed by atoms with Gasteiger partial charge in [0, 0.05) is 36.6 Å². The van der Waals surface area contributed by atoms with Gasteiger partial charge in [0.2, 0.25) is 5.91 Å². The fourth-order valence-electron chi connectivity index (χ4n) is 5.79. The molecule has 182 valence electrons. The summed E-state index contributed by atoms with van der Waals surface area (Å²) in [5.41, 5.74) is 1.84. The van der Waals surface area contributed by atoms with Gasteiger partial charge in [0.1, 0.15) is 5.78 Å². The van der Waals surface area contributed by atoms with Crippen LogP contribution in [0.5, 0.6) is 0 Å². The van der Waals surface area contributed by atoms with Crippen LogP contribution in [-0.2, 0) is 9.59 Å². The summed E-state index contributed by atoms with van der Waals surface area (Å²) in [5, 5.41) is 24.7. The van der Waals surface area contributed by atoms with Crippen LogP contribution in [0.1, 0.15) is 101 Å². The molecule has 0 aromatic heterocycles. The molecule has 3 N–H and O–H groups in total. The average Bonchev–Trinajstić information content (AvgIpc) is 3.05. The maximum absolute atomic E-state index is 12.7. The van der Waals surface area contributed by atoms with Gasteiger partial charge in [-0.3, -0.25) is 9.59 Å². The van der Waals surface area contributed by atoms with Crippen molar-refractivity contribution in [2.45, 2.75) is 96.2 Å². The Morgan fingerprint density at radius 1 is 1.27 bits per heavy atom. The first kappa shape index (κ1) is 25.6. The third-order valence-electron chi connectivity index (χ3n) is 7.67. The molecule has 0 bridgehead atoms. The number of amides is 1. The Bertz CT molecular complexity index is 829. The molecule has 33 heavy (non-hydrogen) atoms. The lowest BCUT2D eigenvalue weighted by Gasteiger charge is -2.46. The van der Waals surface area contributed by atoms with E-state index in [4.69, 9.17) is 0 Å². The molecule has 0 spiro atoms. The van der Waals surface area contributed by atoms with E-state index in [1.807, 2.05) is 43.3 Å². The van der Waals surface area contributed by atoms with E-state index >= 15 is 0 Å². The molecule has 2 aliphatic rings. The van der Waals surface area contributed by atoms with Gasteiger partial charge in [0.05, 0.1) is 12.2 Å². The number of aliphatic hydroxyl groups is 2. The predicted molar refractivity (Wildman–Crippen MR) is 131 cm³/mol. The Morgan fingerprint density at radius 2 is 2.06 bits per heavy atom. The Kier molecular flexibility index (Phi) is 9.27. The Hall–Kier alpha value is -1.98. The second-order valence-corrected chi connectivity index (χ2v) is 9.96. The number of aliphatic hydroxyl groups excluding tert-OH is 2. The van der Waals surface area contributed by atoms with Gasteiger partial charge in [0.25, 0.3) is 0 Å². The van der Waals surface area contributed by atoms with Crippen molar-refractivity contribution in [3.8, 4) is 0 Å². The maximum Gasteiger partial charge on any atom is 0.219 e. The number of hydrogen-bond acceptors (Lipinski definition) is 4. The van der Waals surface area contributed by atoms with Gasteiger partial charge in [-0.25, -0.2) is 0 Å². The maximum atomic E-state index is 12.7. The molecule has 4 atom stereocenters. The topological polar surface area (TPSA) is 86.6 Å². The van der Waals surface area contributed by atoms with Crippen molar-refractivity contribution in [3.63, 3.8) is 0 Å². The molecule has 2 aliphatic carbocycles. The zero-order chi connectivity index (χ0) is 23.8. The monoisotopic (exact) mass is 455 g/mol. The van der Waals surface area contributed by atoms with E-state index in [-0.39, 0.29) is 35.4 Å². The largest absolute Gasteiger partial charge is 0.392 e. The van der Waals surface area contributed by atoms with Crippen molar-refractivity contribution in [3.05, 3.63) is 47.5 Å². The molecule has 0 heterocycles. The number of ketones is 1. The van der Waals surface area contributed by atoms with Gasteiger partial charge in [-0.15, -0.1) is 0 Å². The van der Waals surface area contributed by atoms with Crippen LogP contribution in [0.2, 0.25) is 0 Å². The minimum atomic E-state index is -0.686. The van der Waals surface area contributed by atoms with Crippen molar-refractivity contribution in [1.29, 1.82) is 0 Å². The molecule has 1 aromatic carbocycles. The molecule has 1 aromatic rings. The molecule has 3 rings (SSSR count). The van der Waals surface area contributed by atoms with Crippen molar-refractivity contribution in [2.75, 3.05) is 6.54 Å². The third kappa shape index (κ3) is 6.13. The second-order valence-electron chi connectivity index (χ2n) is 9.96. The normalized spacial score (nSPS) is 25.2. The number of Topliss-reactive ketones (excluding diaryl/α,β-unsaturated/α-hetero) is 1. The van der Waals surface area contributed by atoms with E-state index < -0.39 is 12.2 Å². The van der Waals surface area contributed by atoms with E-state index in [9.17, 15) is 19.8 Å². The van der Waals surface area contributed by atoms with Crippen molar-refractivity contribution < 1.29 is 19.8 Å². The van der Waals surface area contributed by atoms with E-state index in [1.165, 1.54) is 6.42 Å². The van der Waals surface area contributed by atoms with Crippen molar-refractivity contribution in [2.24, 2.45) is 11.3 Å². The number of nitrogens with one attached hydrogen (secondary N) is 1. The molecule has 5 nitrogen and oxygen atoms in total. The number of carbonyl (C=O) groups excluding carboxylic acids is 2. The highest BCUT2D eigenvalue weighted by Crippen LogP contribution is 2.53. The summed E-state index contributed by atoms with van der Waals surface area (Å²) in [6.07, 6.45) is 11.1. The summed E-state index contributed by atoms with van der Waals surface area (Å²) >= 11 is 0. The van der Waals surface area contributed by atoms with Crippen LogP contribution in [0.3, 0.4) is 0 Å². The smallest absolute Gasteiger partial charge is 0.219 e. The van der Waals surface area contributed by atoms with Gasteiger partial charge in [0.15, 0.2) is 0 Å². The average molecular weight is 456 g/mol. The van der Waals surface area contributed by atoms with Gasteiger partial charge in [-0.2, -0.15) is 0 Å². The molecular formula is C28H41NO4. The fourth-order valence-corrected chi connectivity index (χ4v) is 5.79. The number of allylic oxidation sites excluding steroid dienone is 2. The lowest BCUT2D eigenvalue weighted by Crippen LogP contribution is -2.36. The number of unbranched alkanes of at least 4 members (excludes halogenated alkanes) is 1. The van der Waals surface area contributed by atoms with Crippen LogP contribution in [0.4, 0.5) is 0 Å². The van der Waals surface area contributed by atoms with Crippen LogP contribution in [0.15, 0.2) is 36.4 Å². The zero-order valence-electron chi connectivity index (χ0n) is 20.3. The summed E-state index contributed by atoms with van der Waals surface area (Å²) < 4.78 is 0. The summed E-state index contributed by atoms with van der Waals surface area (Å²) in [4.78, 5) is 24.2. The number of rotatable bonds is 12. The number of benzene rings is 1. The van der Waals surface area contributed by atoms with Crippen LogP contribution in [0, 0.1) is 11.3 Å². The molecule has 2 fully saturated rings. The highest BCUT2D eigenvalue weighted by molar-refractivity contribution is 5.85. The van der Waals surface area contributed by atoms with Crippen LogP contribution < -0.4 is 5.32 Å². The van der Waals surface area contributed by atoms with E-state index in [2.05, 4.69) is 12.2 Å². The minimum absolute atomic E-state index is 0.0202. The van der Waals surface area contributed by atoms with Gasteiger partial charge >= 0.3 is 0 Å². The lowest BCUT2D eigenvalue weighted by molar-refractivity contribution is -0.121. The standard InChI is InChI=1S/C28H41NO4/c1-3-15-28(16-10-17-28)27(33)21-12-9-11-20(18-21)26-22(23(30)19-24(26)31)13-7-5-6-8-14-25(32)29-4-2/h5,7,9,11-12,18,22,24,26-27,31,33H,3-4,6,8,10,13-17,19H2,1-2H3,(H,29,32)/b7-5-/t22-,24+,26+,27?/m0/s1. The minimum Gasteiger partial charge on any atom is -0.392 e. The first-order valence-corrected chi connectivity index (χ1v) is 12.8. The lowest BCUT2D eigenvalue weighted by atomic mass is 9.61. The summed E-state index contributed by atoms with van der Waals surface area (Å²) in [5.74, 6) is -0.315. The highest BCUT2D eigenvalue weighted by atomic mass is 16.3. The molecule has 1 amide bonds. The molecule has 2 saturated carbocycles. The number of hydrogen-bond donors (Lipinski definition) is 3. The molecule has 0 radical (unpaired) electrons. The van der Waals surface area contributed by atoms with Crippen LogP contribution >= 0.6 is 0 Å². The SMILES string of the molecule is CCCC1(C(O)c2cccc([C@H]3[C@H](O)CC(=O)[C@@H]3C/C=C\CCCC(=O)NCC)c2)CCC1. The summed E-state index contributed by atoms with van der Waals surface area (Å²) in [6.45, 7) is 4.73. The molecule has 0 aliphatic heterocycles. The quantitative estimate of drug-likeness (QED) is 0.307. The van der Waals surface area contributed by atoms with Crippen LogP contribution in [0.25, 0.3) is 0 Å². The molecular weight excluding hydrogens is 414 g/mol.